The minimum Gasteiger partial charge on any atom is -0.464 e. The maximum absolute atomic E-state index is 12.5. The molecule has 0 saturated carbocycles. The first-order valence-electron chi connectivity index (χ1n) is 9.45. The zero-order chi connectivity index (χ0) is 18.8. The number of carbonyl (C=O) groups excluding carboxylic acids is 1. The van der Waals surface area contributed by atoms with Crippen molar-refractivity contribution in [2.45, 2.75) is 18.2 Å². The molecule has 0 radical (unpaired) electrons. The Labute approximate surface area is 162 Å². The molecule has 3 aromatic rings. The predicted octanol–water partition coefficient (Wildman–Crippen LogP) is 4.00. The minimum atomic E-state index is -0.382. The lowest BCUT2D eigenvalue weighted by Gasteiger charge is -2.30. The van der Waals surface area contributed by atoms with Gasteiger partial charge in [-0.05, 0) is 46.2 Å². The summed E-state index contributed by atoms with van der Waals surface area (Å²) >= 11 is 0. The van der Waals surface area contributed by atoms with Gasteiger partial charge < -0.3 is 9.47 Å². The van der Waals surface area contributed by atoms with E-state index in [0.29, 0.717) is 5.71 Å². The molecule has 4 atom stereocenters. The number of methoxy groups -OCH3 is 1. The number of benzene rings is 3. The number of para-hydroxylation sites is 1. The van der Waals surface area contributed by atoms with Crippen molar-refractivity contribution in [1.29, 1.82) is 0 Å². The van der Waals surface area contributed by atoms with E-state index in [0.717, 1.165) is 11.3 Å². The first-order chi connectivity index (χ1) is 13.8. The third kappa shape index (κ3) is 1.99. The number of hydrazone groups is 1. The van der Waals surface area contributed by atoms with Gasteiger partial charge in [-0.1, -0.05) is 42.5 Å². The molecule has 0 aliphatic carbocycles. The molecule has 6 rings (SSSR count). The van der Waals surface area contributed by atoms with E-state index in [4.69, 9.17) is 14.6 Å². The Hall–Kier alpha value is -3.18. The Balaban J connectivity index is 1.52. The van der Waals surface area contributed by atoms with Crippen molar-refractivity contribution in [3.63, 3.8) is 0 Å². The summed E-state index contributed by atoms with van der Waals surface area (Å²) in [6, 6.07) is 22.7. The van der Waals surface area contributed by atoms with Gasteiger partial charge in [-0.3, -0.25) is 5.01 Å². The summed E-state index contributed by atoms with van der Waals surface area (Å²) in [5.41, 5.74) is 3.77. The van der Waals surface area contributed by atoms with Gasteiger partial charge in [0, 0.05) is 0 Å². The van der Waals surface area contributed by atoms with Crippen LogP contribution in [0.2, 0.25) is 0 Å². The molecule has 0 spiro atoms. The molecule has 3 aromatic carbocycles. The van der Waals surface area contributed by atoms with Gasteiger partial charge in [0.1, 0.15) is 6.10 Å². The van der Waals surface area contributed by atoms with Gasteiger partial charge in [-0.15, -0.1) is 0 Å². The Kier molecular flexibility index (Phi) is 3.20. The highest BCUT2D eigenvalue weighted by atomic mass is 16.5. The third-order valence-corrected chi connectivity index (χ3v) is 6.09. The topological polar surface area (TPSA) is 51.1 Å². The SMILES string of the molecule is COC(=O)C1=NN(c2ccccc2)C2C3OC(c4cc5ccccc5cc43)C12. The van der Waals surface area contributed by atoms with Crippen LogP contribution >= 0.6 is 0 Å². The van der Waals surface area contributed by atoms with Crippen LogP contribution in [0, 0.1) is 5.92 Å². The van der Waals surface area contributed by atoms with Crippen LogP contribution in [-0.2, 0) is 14.3 Å². The molecule has 3 aliphatic heterocycles. The lowest BCUT2D eigenvalue weighted by molar-refractivity contribution is -0.133. The normalized spacial score (nSPS) is 26.9. The maximum atomic E-state index is 12.5. The second kappa shape index (κ2) is 5.66. The first kappa shape index (κ1) is 15.8. The quantitative estimate of drug-likeness (QED) is 0.640. The van der Waals surface area contributed by atoms with Gasteiger partial charge >= 0.3 is 5.97 Å². The first-order valence-corrected chi connectivity index (χ1v) is 9.45. The highest BCUT2D eigenvalue weighted by Gasteiger charge is 2.61. The molecular weight excluding hydrogens is 352 g/mol. The molecule has 3 heterocycles. The van der Waals surface area contributed by atoms with Crippen LogP contribution in [0.15, 0.2) is 71.8 Å². The van der Waals surface area contributed by atoms with Crippen LogP contribution in [-0.4, -0.2) is 24.8 Å². The maximum Gasteiger partial charge on any atom is 0.354 e. The van der Waals surface area contributed by atoms with E-state index in [1.807, 2.05) is 41.4 Å². The van der Waals surface area contributed by atoms with Gasteiger partial charge in [-0.25, -0.2) is 4.79 Å². The number of nitrogens with zero attached hydrogens (tertiary/aromatic N) is 2. The summed E-state index contributed by atoms with van der Waals surface area (Å²) in [5.74, 6) is -0.516. The fraction of sp³-hybridized carbons (Fsp3) is 0.217. The zero-order valence-corrected chi connectivity index (χ0v) is 15.3. The van der Waals surface area contributed by atoms with Crippen LogP contribution in [0.4, 0.5) is 5.69 Å². The number of hydrogen-bond acceptors (Lipinski definition) is 5. The van der Waals surface area contributed by atoms with E-state index in [1.165, 1.54) is 23.4 Å². The molecular formula is C23H18N2O3. The number of carbonyl (C=O) groups is 1. The van der Waals surface area contributed by atoms with Crippen molar-refractivity contribution < 1.29 is 14.3 Å². The zero-order valence-electron chi connectivity index (χ0n) is 15.3. The Morgan fingerprint density at radius 2 is 1.61 bits per heavy atom. The van der Waals surface area contributed by atoms with Gasteiger partial charge in [-0.2, -0.15) is 5.10 Å². The molecule has 1 saturated heterocycles. The fourth-order valence-corrected chi connectivity index (χ4v) is 4.91. The minimum absolute atomic E-state index is 0.0461. The molecule has 5 nitrogen and oxygen atoms in total. The summed E-state index contributed by atoms with van der Waals surface area (Å²) in [6.07, 6.45) is -0.304. The monoisotopic (exact) mass is 370 g/mol. The molecule has 4 unspecified atom stereocenters. The summed E-state index contributed by atoms with van der Waals surface area (Å²) in [4.78, 5) is 12.5. The summed E-state index contributed by atoms with van der Waals surface area (Å²) < 4.78 is 11.5. The fourth-order valence-electron chi connectivity index (χ4n) is 4.91. The van der Waals surface area contributed by atoms with E-state index >= 15 is 0 Å². The van der Waals surface area contributed by atoms with Gasteiger partial charge in [0.15, 0.2) is 5.71 Å². The number of anilines is 1. The van der Waals surface area contributed by atoms with E-state index in [2.05, 4.69) is 30.3 Å². The van der Waals surface area contributed by atoms with E-state index in [-0.39, 0.29) is 30.1 Å². The van der Waals surface area contributed by atoms with E-state index in [1.54, 1.807) is 0 Å². The summed E-state index contributed by atoms with van der Waals surface area (Å²) in [7, 11) is 1.40. The van der Waals surface area contributed by atoms with Crippen molar-refractivity contribution in [1.82, 2.24) is 0 Å². The molecule has 138 valence electrons. The van der Waals surface area contributed by atoms with Crippen molar-refractivity contribution in [2.75, 3.05) is 12.1 Å². The third-order valence-electron chi connectivity index (χ3n) is 6.09. The number of esters is 1. The molecule has 0 aromatic heterocycles. The standard InChI is InChI=1S/C23H18N2O3/c1-27-23(26)19-18-20(25(24-19)15-9-3-2-4-10-15)22-17-12-14-8-6-5-7-13(14)11-16(17)21(18)28-22/h2-12,18,20-22H,1H3. The van der Waals surface area contributed by atoms with Crippen LogP contribution < -0.4 is 5.01 Å². The second-order valence-electron chi connectivity index (χ2n) is 7.48. The van der Waals surface area contributed by atoms with Gasteiger partial charge in [0.25, 0.3) is 0 Å². The largest absolute Gasteiger partial charge is 0.464 e. The second-order valence-corrected chi connectivity index (χ2v) is 7.48. The number of fused-ring (bicyclic) bond motifs is 9. The van der Waals surface area contributed by atoms with Crippen molar-refractivity contribution in [2.24, 2.45) is 11.0 Å². The molecule has 2 bridgehead atoms. The smallest absolute Gasteiger partial charge is 0.354 e. The molecule has 5 heteroatoms. The Morgan fingerprint density at radius 1 is 0.964 bits per heavy atom. The summed E-state index contributed by atoms with van der Waals surface area (Å²) in [5, 5.41) is 9.03. The lowest BCUT2D eigenvalue weighted by Crippen LogP contribution is -2.38. The van der Waals surface area contributed by atoms with Crippen molar-refractivity contribution in [3.8, 4) is 0 Å². The Bertz CT molecular complexity index is 1140. The van der Waals surface area contributed by atoms with Gasteiger partial charge in [0.05, 0.1) is 30.9 Å². The average Bonchev–Trinajstić information content (AvgIpc) is 3.42. The van der Waals surface area contributed by atoms with Crippen LogP contribution in [0.3, 0.4) is 0 Å². The van der Waals surface area contributed by atoms with Crippen molar-refractivity contribution >= 4 is 28.1 Å². The van der Waals surface area contributed by atoms with E-state index < -0.39 is 0 Å². The molecule has 28 heavy (non-hydrogen) atoms. The Morgan fingerprint density at radius 3 is 2.29 bits per heavy atom. The highest BCUT2D eigenvalue weighted by molar-refractivity contribution is 6.38. The predicted molar refractivity (Wildman–Crippen MR) is 106 cm³/mol. The number of ether oxygens (including phenoxy) is 2. The molecule has 0 amide bonds. The average molecular weight is 370 g/mol. The lowest BCUT2D eigenvalue weighted by atomic mass is 9.77. The summed E-state index contributed by atoms with van der Waals surface area (Å²) in [6.45, 7) is 0. The molecule has 0 N–H and O–H groups in total. The van der Waals surface area contributed by atoms with Crippen LogP contribution in [0.5, 0.6) is 0 Å². The highest BCUT2D eigenvalue weighted by Crippen LogP contribution is 2.59. The van der Waals surface area contributed by atoms with Crippen LogP contribution in [0.1, 0.15) is 23.3 Å². The van der Waals surface area contributed by atoms with Crippen molar-refractivity contribution in [3.05, 3.63) is 77.9 Å². The van der Waals surface area contributed by atoms with E-state index in [9.17, 15) is 4.79 Å². The molecule has 1 fully saturated rings. The van der Waals surface area contributed by atoms with Crippen LogP contribution in [0.25, 0.3) is 10.8 Å². The van der Waals surface area contributed by atoms with Gasteiger partial charge in [0.2, 0.25) is 0 Å². The number of hydrogen-bond donors (Lipinski definition) is 0. The number of rotatable bonds is 2. The molecule has 3 aliphatic rings.